The fraction of sp³-hybridized carbons (Fsp3) is 0.400. The smallest absolute Gasteiger partial charge is 0.267 e. The lowest BCUT2D eigenvalue weighted by Crippen LogP contribution is -2.27. The molecule has 0 saturated heterocycles. The topological polar surface area (TPSA) is 54.1 Å². The molecule has 112 valence electrons. The lowest BCUT2D eigenvalue weighted by Gasteiger charge is -2.04. The molecule has 0 unspecified atom stereocenters. The van der Waals surface area contributed by atoms with Crippen LogP contribution in [0.1, 0.15) is 23.3 Å². The summed E-state index contributed by atoms with van der Waals surface area (Å²) in [7, 11) is 0. The predicted molar refractivity (Wildman–Crippen MR) is 81.8 cm³/mol. The quantitative estimate of drug-likeness (QED) is 0.782. The van der Waals surface area contributed by atoms with Crippen molar-refractivity contribution in [3.8, 4) is 0 Å². The van der Waals surface area contributed by atoms with Gasteiger partial charge >= 0.3 is 0 Å². The van der Waals surface area contributed by atoms with Crippen molar-refractivity contribution in [2.45, 2.75) is 12.8 Å². The lowest BCUT2D eigenvalue weighted by atomic mass is 10.2. The van der Waals surface area contributed by atoms with Crippen molar-refractivity contribution in [3.63, 3.8) is 0 Å². The third-order valence-corrected chi connectivity index (χ3v) is 3.94. The van der Waals surface area contributed by atoms with E-state index in [9.17, 15) is 9.18 Å². The minimum Gasteiger partial charge on any atom is -0.379 e. The zero-order chi connectivity index (χ0) is 14.8. The van der Waals surface area contributed by atoms with E-state index in [1.165, 1.54) is 25.0 Å². The second kappa shape index (κ2) is 6.15. The number of fused-ring (bicyclic) bond motifs is 1. The molecule has 1 amide bonds. The molecule has 1 aromatic heterocycles. The van der Waals surface area contributed by atoms with Gasteiger partial charge in [0, 0.05) is 23.0 Å². The zero-order valence-corrected chi connectivity index (χ0v) is 13.0. The van der Waals surface area contributed by atoms with Gasteiger partial charge in [0.1, 0.15) is 11.5 Å². The molecule has 0 aliphatic heterocycles. The Bertz CT molecular complexity index is 667. The molecule has 6 heteroatoms. The summed E-state index contributed by atoms with van der Waals surface area (Å²) in [5.74, 6) is 0.106. The maximum atomic E-state index is 13.8. The molecular weight excluding hydrogens is 339 g/mol. The number of amides is 1. The Kier molecular flexibility index (Phi) is 4.26. The number of halogens is 2. The molecule has 0 atom stereocenters. The third-order valence-electron chi connectivity index (χ3n) is 3.48. The number of aromatic amines is 1. The summed E-state index contributed by atoms with van der Waals surface area (Å²) in [6.07, 6.45) is 2.51. The van der Waals surface area contributed by atoms with Gasteiger partial charge in [0.15, 0.2) is 0 Å². The van der Waals surface area contributed by atoms with E-state index in [-0.39, 0.29) is 11.7 Å². The van der Waals surface area contributed by atoms with E-state index >= 15 is 0 Å². The van der Waals surface area contributed by atoms with Crippen molar-refractivity contribution < 1.29 is 13.9 Å². The van der Waals surface area contributed by atoms with Crippen LogP contribution in [0.5, 0.6) is 0 Å². The highest BCUT2D eigenvalue weighted by molar-refractivity contribution is 9.10. The molecule has 21 heavy (non-hydrogen) atoms. The number of ether oxygens (including phenoxy) is 1. The SMILES string of the molecule is O=C(NCCOCC1CC1)c1cc2c(F)cc(Br)cc2[nH]1. The monoisotopic (exact) mass is 354 g/mol. The lowest BCUT2D eigenvalue weighted by molar-refractivity contribution is 0.0902. The summed E-state index contributed by atoms with van der Waals surface area (Å²) >= 11 is 3.23. The molecule has 1 aliphatic carbocycles. The molecule has 0 radical (unpaired) electrons. The van der Waals surface area contributed by atoms with Crippen molar-refractivity contribution in [1.29, 1.82) is 0 Å². The summed E-state index contributed by atoms with van der Waals surface area (Å²) in [4.78, 5) is 14.9. The minimum atomic E-state index is -0.359. The molecule has 1 saturated carbocycles. The molecular formula is C15H16BrFN2O2. The molecule has 4 nitrogen and oxygen atoms in total. The Balaban J connectivity index is 1.57. The van der Waals surface area contributed by atoms with Gasteiger partial charge in [-0.05, 0) is 37.0 Å². The van der Waals surface area contributed by atoms with Gasteiger partial charge in [-0.15, -0.1) is 0 Å². The Labute approximate surface area is 130 Å². The molecule has 2 aromatic rings. The number of hydrogen-bond acceptors (Lipinski definition) is 2. The molecule has 1 heterocycles. The second-order valence-corrected chi connectivity index (χ2v) is 6.22. The van der Waals surface area contributed by atoms with Gasteiger partial charge in [0.25, 0.3) is 5.91 Å². The average molecular weight is 355 g/mol. The van der Waals surface area contributed by atoms with E-state index in [1.54, 1.807) is 6.07 Å². The van der Waals surface area contributed by atoms with Crippen LogP contribution in [0, 0.1) is 11.7 Å². The Hall–Kier alpha value is -1.40. The standard InChI is InChI=1S/C15H16BrFN2O2/c16-10-5-12(17)11-7-14(19-13(11)6-10)15(20)18-3-4-21-8-9-1-2-9/h5-7,9,19H,1-4,8H2,(H,18,20). The predicted octanol–water partition coefficient (Wildman–Crippen LogP) is 3.23. The number of carbonyl (C=O) groups excluding carboxylic acids is 1. The highest BCUT2D eigenvalue weighted by Gasteiger charge is 2.21. The zero-order valence-electron chi connectivity index (χ0n) is 11.4. The molecule has 2 N–H and O–H groups in total. The highest BCUT2D eigenvalue weighted by Crippen LogP contribution is 2.28. The summed E-state index contributed by atoms with van der Waals surface area (Å²) in [6.45, 7) is 1.73. The molecule has 3 rings (SSSR count). The maximum Gasteiger partial charge on any atom is 0.267 e. The first kappa shape index (κ1) is 14.5. The molecule has 0 bridgehead atoms. The van der Waals surface area contributed by atoms with Crippen LogP contribution >= 0.6 is 15.9 Å². The molecule has 1 aliphatic rings. The van der Waals surface area contributed by atoms with Crippen molar-refractivity contribution in [2.24, 2.45) is 5.92 Å². The van der Waals surface area contributed by atoms with Crippen LogP contribution in [0.25, 0.3) is 10.9 Å². The van der Waals surface area contributed by atoms with Crippen molar-refractivity contribution >= 4 is 32.7 Å². The van der Waals surface area contributed by atoms with Gasteiger partial charge in [0.05, 0.1) is 12.1 Å². The van der Waals surface area contributed by atoms with E-state index in [1.807, 2.05) is 0 Å². The van der Waals surface area contributed by atoms with Crippen LogP contribution in [0.2, 0.25) is 0 Å². The largest absolute Gasteiger partial charge is 0.379 e. The van der Waals surface area contributed by atoms with Crippen LogP contribution in [-0.4, -0.2) is 30.6 Å². The summed E-state index contributed by atoms with van der Waals surface area (Å²) in [6, 6.07) is 4.65. The van der Waals surface area contributed by atoms with E-state index in [0.717, 1.165) is 12.5 Å². The van der Waals surface area contributed by atoms with Crippen molar-refractivity contribution in [1.82, 2.24) is 10.3 Å². The number of carbonyl (C=O) groups is 1. The van der Waals surface area contributed by atoms with Crippen LogP contribution in [-0.2, 0) is 4.74 Å². The molecule has 1 fully saturated rings. The summed E-state index contributed by atoms with van der Waals surface area (Å²) in [5, 5.41) is 3.17. The number of H-pyrrole nitrogens is 1. The number of aromatic nitrogens is 1. The Morgan fingerprint density at radius 2 is 2.24 bits per heavy atom. The first-order valence-corrected chi connectivity index (χ1v) is 7.76. The van der Waals surface area contributed by atoms with Gasteiger partial charge < -0.3 is 15.0 Å². The first-order valence-electron chi connectivity index (χ1n) is 6.97. The van der Waals surface area contributed by atoms with Gasteiger partial charge in [-0.25, -0.2) is 4.39 Å². The number of benzene rings is 1. The molecule has 0 spiro atoms. The summed E-state index contributed by atoms with van der Waals surface area (Å²) in [5.41, 5.74) is 0.946. The number of nitrogens with one attached hydrogen (secondary N) is 2. The van der Waals surface area contributed by atoms with Crippen LogP contribution in [0.4, 0.5) is 4.39 Å². The Morgan fingerprint density at radius 1 is 1.43 bits per heavy atom. The number of rotatable bonds is 6. The average Bonchev–Trinajstić information content (AvgIpc) is 3.15. The van der Waals surface area contributed by atoms with E-state index in [0.29, 0.717) is 34.2 Å². The minimum absolute atomic E-state index is 0.253. The van der Waals surface area contributed by atoms with E-state index in [2.05, 4.69) is 26.2 Å². The molecule has 1 aromatic carbocycles. The fourth-order valence-electron chi connectivity index (χ4n) is 2.15. The van der Waals surface area contributed by atoms with Gasteiger partial charge in [-0.3, -0.25) is 4.79 Å². The van der Waals surface area contributed by atoms with Crippen LogP contribution in [0.15, 0.2) is 22.7 Å². The maximum absolute atomic E-state index is 13.8. The van der Waals surface area contributed by atoms with Gasteiger partial charge in [0.2, 0.25) is 0 Å². The second-order valence-electron chi connectivity index (χ2n) is 5.31. The van der Waals surface area contributed by atoms with Crippen molar-refractivity contribution in [3.05, 3.63) is 34.2 Å². The van der Waals surface area contributed by atoms with Gasteiger partial charge in [-0.2, -0.15) is 0 Å². The van der Waals surface area contributed by atoms with Crippen LogP contribution in [0.3, 0.4) is 0 Å². The summed E-state index contributed by atoms with van der Waals surface area (Å²) < 4.78 is 19.8. The highest BCUT2D eigenvalue weighted by atomic mass is 79.9. The van der Waals surface area contributed by atoms with Crippen molar-refractivity contribution in [2.75, 3.05) is 19.8 Å². The normalized spacial score (nSPS) is 14.6. The van der Waals surface area contributed by atoms with E-state index < -0.39 is 0 Å². The van der Waals surface area contributed by atoms with E-state index in [4.69, 9.17) is 4.74 Å². The third kappa shape index (κ3) is 3.63. The van der Waals surface area contributed by atoms with Gasteiger partial charge in [-0.1, -0.05) is 15.9 Å². The first-order chi connectivity index (χ1) is 10.1. The Morgan fingerprint density at radius 3 is 3.00 bits per heavy atom. The number of hydrogen-bond donors (Lipinski definition) is 2. The van der Waals surface area contributed by atoms with Crippen LogP contribution < -0.4 is 5.32 Å². The fourth-order valence-corrected chi connectivity index (χ4v) is 2.58.